The van der Waals surface area contributed by atoms with Crippen LogP contribution in [0.15, 0.2) is 24.0 Å². The number of ether oxygens (including phenoxy) is 4. The third kappa shape index (κ3) is 5.11. The second-order valence-electron chi connectivity index (χ2n) is 11.6. The number of aliphatic hydroxyl groups excluding tert-OH is 3. The van der Waals surface area contributed by atoms with Gasteiger partial charge >= 0.3 is 29.8 Å². The molecule has 0 amide bonds. The van der Waals surface area contributed by atoms with E-state index in [1.54, 1.807) is 6.07 Å². The number of carboxylic acid groups (broad SMARTS) is 2. The molecule has 1 spiro atoms. The fourth-order valence-electron chi connectivity index (χ4n) is 6.90. The van der Waals surface area contributed by atoms with Crippen molar-refractivity contribution in [1.82, 2.24) is 4.90 Å². The molecule has 0 radical (unpaired) electrons. The normalized spacial score (nSPS) is 28.7. The lowest BCUT2D eigenvalue weighted by molar-refractivity contribution is -0.186. The molecule has 0 saturated carbocycles. The van der Waals surface area contributed by atoms with E-state index in [4.69, 9.17) is 29.2 Å². The Labute approximate surface area is 255 Å². The first-order valence-electron chi connectivity index (χ1n) is 14.1. The summed E-state index contributed by atoms with van der Waals surface area (Å²) in [5.41, 5.74) is -0.253. The standard InChI is InChI=1S/C29H33NO15/c1-12(24(35)36)42-26(39)16(44-27(40)21(34)20(33)25(37)38)10-18(32)43-15-5-6-29(41)17-9-13-3-4-14(11-31)22-19(13)28(29,23(15)45-22)7-8-30(17)2/h3-5,12,16-17,20-21,23,31,33-34,41H,6-11H2,1-2H3,(H,35,36)(H,37,38)/t12-,16-,17+,20+,21+,23-,28-,29+/m0/s1. The van der Waals surface area contributed by atoms with Crippen LogP contribution in [0.3, 0.4) is 0 Å². The zero-order valence-electron chi connectivity index (χ0n) is 24.2. The second kappa shape index (κ2) is 11.7. The molecule has 1 fully saturated rings. The van der Waals surface area contributed by atoms with E-state index < -0.39 is 77.8 Å². The molecule has 1 saturated heterocycles. The Morgan fingerprint density at radius 3 is 2.42 bits per heavy atom. The number of aliphatic hydroxyl groups is 4. The van der Waals surface area contributed by atoms with Crippen LogP contribution in [0.25, 0.3) is 0 Å². The summed E-state index contributed by atoms with van der Waals surface area (Å²) in [6, 6.07) is 3.31. The third-order valence-electron chi connectivity index (χ3n) is 9.17. The van der Waals surface area contributed by atoms with Gasteiger partial charge < -0.3 is 54.5 Å². The average molecular weight is 636 g/mol. The minimum Gasteiger partial charge on any atom is -0.481 e. The van der Waals surface area contributed by atoms with Crippen LogP contribution in [0.2, 0.25) is 0 Å². The van der Waals surface area contributed by atoms with Crippen molar-refractivity contribution < 1.29 is 73.6 Å². The van der Waals surface area contributed by atoms with Gasteiger partial charge in [-0.2, -0.15) is 0 Å². The maximum atomic E-state index is 13.2. The fraction of sp³-hybridized carbons (Fsp3) is 0.552. The maximum Gasteiger partial charge on any atom is 0.348 e. The number of benzene rings is 1. The molecular formula is C29H33NO15. The van der Waals surface area contributed by atoms with E-state index in [1.807, 2.05) is 13.1 Å². The zero-order chi connectivity index (χ0) is 33.0. The number of piperidine rings is 1. The zero-order valence-corrected chi connectivity index (χ0v) is 24.2. The van der Waals surface area contributed by atoms with Gasteiger partial charge in [0.1, 0.15) is 11.5 Å². The van der Waals surface area contributed by atoms with Crippen molar-refractivity contribution in [2.45, 2.75) is 86.8 Å². The highest BCUT2D eigenvalue weighted by atomic mass is 16.6. The molecule has 8 atom stereocenters. The molecule has 6 N–H and O–H groups in total. The number of nitrogens with zero attached hydrogens (tertiary/aromatic N) is 1. The predicted octanol–water partition coefficient (Wildman–Crippen LogP) is -1.88. The Morgan fingerprint density at radius 1 is 1.07 bits per heavy atom. The first kappa shape index (κ1) is 32.3. The van der Waals surface area contributed by atoms with Crippen LogP contribution in [0.5, 0.6) is 5.75 Å². The molecule has 4 aliphatic rings. The Bertz CT molecular complexity index is 1470. The number of carboxylic acids is 2. The minimum absolute atomic E-state index is 0.0143. The van der Waals surface area contributed by atoms with E-state index in [0.29, 0.717) is 30.7 Å². The Hall–Kier alpha value is -4.09. The molecule has 2 heterocycles. The van der Waals surface area contributed by atoms with Gasteiger partial charge in [-0.25, -0.2) is 19.2 Å². The summed E-state index contributed by atoms with van der Waals surface area (Å²) in [6.07, 6.45) is -8.86. The van der Waals surface area contributed by atoms with Crippen LogP contribution in [-0.2, 0) is 56.6 Å². The van der Waals surface area contributed by atoms with Crippen molar-refractivity contribution in [2.24, 2.45) is 0 Å². The van der Waals surface area contributed by atoms with Crippen molar-refractivity contribution in [1.29, 1.82) is 0 Å². The Balaban J connectivity index is 1.42. The summed E-state index contributed by atoms with van der Waals surface area (Å²) in [5.74, 6) is -7.69. The van der Waals surface area contributed by atoms with Crippen molar-refractivity contribution in [3.05, 3.63) is 40.7 Å². The first-order chi connectivity index (χ1) is 21.2. The summed E-state index contributed by atoms with van der Waals surface area (Å²) in [5, 5.41) is 59.6. The van der Waals surface area contributed by atoms with Crippen LogP contribution in [0, 0.1) is 0 Å². The SMILES string of the molecule is C[C@H](OC(=O)[C@H](CC(=O)OC1=CC[C@@]2(O)[C@H]3Cc4ccc(CO)c5c4[C@@]2(CCN3C)[C@H]1O5)OC(=O)[C@H](O)[C@@H](O)C(=O)O)C(=O)O. The number of hydrogen-bond acceptors (Lipinski definition) is 14. The van der Waals surface area contributed by atoms with Gasteiger partial charge in [0.2, 0.25) is 6.10 Å². The number of carbonyl (C=O) groups excluding carboxylic acids is 3. The molecule has 1 aromatic carbocycles. The van der Waals surface area contributed by atoms with Gasteiger partial charge in [-0.1, -0.05) is 12.1 Å². The molecule has 2 aliphatic heterocycles. The molecule has 0 aromatic heterocycles. The topological polar surface area (TPSA) is 247 Å². The van der Waals surface area contributed by atoms with Gasteiger partial charge in [0.05, 0.1) is 24.0 Å². The number of likely N-dealkylation sites (N-methyl/N-ethyl adjacent to an activating group) is 1. The number of rotatable bonds is 11. The van der Waals surface area contributed by atoms with E-state index in [2.05, 4.69) is 4.90 Å². The Morgan fingerprint density at radius 2 is 1.78 bits per heavy atom. The third-order valence-corrected chi connectivity index (χ3v) is 9.17. The number of aliphatic carboxylic acids is 2. The van der Waals surface area contributed by atoms with Crippen molar-refractivity contribution in [3.63, 3.8) is 0 Å². The van der Waals surface area contributed by atoms with Crippen LogP contribution in [-0.4, -0.2) is 121 Å². The second-order valence-corrected chi connectivity index (χ2v) is 11.6. The molecule has 45 heavy (non-hydrogen) atoms. The molecule has 244 valence electrons. The number of likely N-dealkylation sites (tertiary alicyclic amines) is 1. The van der Waals surface area contributed by atoms with Crippen molar-refractivity contribution in [3.8, 4) is 5.75 Å². The average Bonchev–Trinajstić information content (AvgIpc) is 3.35. The lowest BCUT2D eigenvalue weighted by Gasteiger charge is -2.61. The minimum atomic E-state index is -2.66. The molecule has 0 unspecified atom stereocenters. The maximum absolute atomic E-state index is 13.2. The van der Waals surface area contributed by atoms with Gasteiger partial charge in [-0.3, -0.25) is 4.79 Å². The van der Waals surface area contributed by atoms with Crippen LogP contribution in [0.1, 0.15) is 42.9 Å². The van der Waals surface area contributed by atoms with Crippen molar-refractivity contribution in [2.75, 3.05) is 13.6 Å². The van der Waals surface area contributed by atoms with Gasteiger partial charge in [-0.15, -0.1) is 0 Å². The van der Waals surface area contributed by atoms with Gasteiger partial charge in [0.25, 0.3) is 0 Å². The number of hydrogen-bond donors (Lipinski definition) is 6. The largest absolute Gasteiger partial charge is 0.481 e. The highest BCUT2D eigenvalue weighted by Crippen LogP contribution is 2.64. The lowest BCUT2D eigenvalue weighted by atomic mass is 9.50. The predicted molar refractivity (Wildman–Crippen MR) is 144 cm³/mol. The van der Waals surface area contributed by atoms with E-state index in [0.717, 1.165) is 18.1 Å². The molecule has 5 rings (SSSR count). The van der Waals surface area contributed by atoms with Crippen LogP contribution >= 0.6 is 0 Å². The van der Waals surface area contributed by atoms with Crippen molar-refractivity contribution >= 4 is 29.8 Å². The molecule has 2 bridgehead atoms. The summed E-state index contributed by atoms with van der Waals surface area (Å²) < 4.78 is 21.5. The molecular weight excluding hydrogens is 602 g/mol. The smallest absolute Gasteiger partial charge is 0.348 e. The van der Waals surface area contributed by atoms with E-state index in [9.17, 15) is 44.4 Å². The molecule has 16 nitrogen and oxygen atoms in total. The van der Waals surface area contributed by atoms with Crippen LogP contribution < -0.4 is 4.74 Å². The summed E-state index contributed by atoms with van der Waals surface area (Å²) in [4.78, 5) is 62.5. The fourth-order valence-corrected chi connectivity index (χ4v) is 6.90. The van der Waals surface area contributed by atoms with Gasteiger partial charge in [0.15, 0.2) is 24.4 Å². The summed E-state index contributed by atoms with van der Waals surface area (Å²) in [7, 11) is 1.91. The number of esters is 3. The Kier molecular flexibility index (Phi) is 8.39. The highest BCUT2D eigenvalue weighted by Gasteiger charge is 2.72. The number of carbonyl (C=O) groups is 5. The summed E-state index contributed by atoms with van der Waals surface area (Å²) in [6.45, 7) is 1.21. The van der Waals surface area contributed by atoms with Crippen LogP contribution in [0.4, 0.5) is 0 Å². The van der Waals surface area contributed by atoms with E-state index in [-0.39, 0.29) is 24.8 Å². The van der Waals surface area contributed by atoms with E-state index in [1.165, 1.54) is 6.08 Å². The van der Waals surface area contributed by atoms with Gasteiger partial charge in [-0.05, 0) is 45.0 Å². The molecule has 2 aliphatic carbocycles. The lowest BCUT2D eigenvalue weighted by Crippen LogP contribution is -2.74. The quantitative estimate of drug-likeness (QED) is 0.115. The molecule has 16 heteroatoms. The summed E-state index contributed by atoms with van der Waals surface area (Å²) >= 11 is 0. The van der Waals surface area contributed by atoms with E-state index >= 15 is 0 Å². The monoisotopic (exact) mass is 635 g/mol. The molecule has 1 aromatic rings. The highest BCUT2D eigenvalue weighted by molar-refractivity contribution is 5.89. The van der Waals surface area contributed by atoms with Gasteiger partial charge in [0, 0.05) is 23.6 Å². The first-order valence-corrected chi connectivity index (χ1v) is 14.1.